The van der Waals surface area contributed by atoms with Gasteiger partial charge < -0.3 is 5.32 Å². The first-order chi connectivity index (χ1) is 13.3. The van der Waals surface area contributed by atoms with E-state index in [0.29, 0.717) is 6.54 Å². The van der Waals surface area contributed by atoms with E-state index >= 15 is 0 Å². The first-order valence-corrected chi connectivity index (χ1v) is 8.80. The summed E-state index contributed by atoms with van der Waals surface area (Å²) in [6.07, 6.45) is 6.98. The monoisotopic (exact) mass is 356 g/mol. The van der Waals surface area contributed by atoms with Gasteiger partial charge in [0.25, 0.3) is 0 Å². The molecule has 6 nitrogen and oxygen atoms in total. The first kappa shape index (κ1) is 17.1. The maximum Gasteiger partial charge on any atom is 0.159 e. The number of rotatable bonds is 6. The van der Waals surface area contributed by atoms with Gasteiger partial charge >= 0.3 is 0 Å². The van der Waals surface area contributed by atoms with Crippen LogP contribution in [0, 0.1) is 6.92 Å². The zero-order valence-electron chi connectivity index (χ0n) is 15.1. The zero-order chi connectivity index (χ0) is 18.5. The predicted molar refractivity (Wildman–Crippen MR) is 104 cm³/mol. The molecule has 2 aromatic heterocycles. The third kappa shape index (κ3) is 4.24. The Hall–Kier alpha value is -3.38. The van der Waals surface area contributed by atoms with Gasteiger partial charge in [0.15, 0.2) is 5.82 Å². The fourth-order valence-corrected chi connectivity index (χ4v) is 2.88. The SMILES string of the molecule is Cc1cccc(-c2ncc(CNCc3cccc(-n4cncn4)c3)cn2)c1. The van der Waals surface area contributed by atoms with Crippen LogP contribution in [-0.2, 0) is 13.1 Å². The largest absolute Gasteiger partial charge is 0.309 e. The van der Waals surface area contributed by atoms with Crippen LogP contribution in [0.4, 0.5) is 0 Å². The van der Waals surface area contributed by atoms with Crippen molar-refractivity contribution in [1.29, 1.82) is 0 Å². The molecule has 0 radical (unpaired) electrons. The van der Waals surface area contributed by atoms with Crippen molar-refractivity contribution in [2.24, 2.45) is 0 Å². The summed E-state index contributed by atoms with van der Waals surface area (Å²) in [5, 5.41) is 7.60. The second-order valence-corrected chi connectivity index (χ2v) is 6.40. The molecule has 0 aliphatic rings. The van der Waals surface area contributed by atoms with E-state index in [1.807, 2.05) is 36.7 Å². The van der Waals surface area contributed by atoms with Crippen molar-refractivity contribution in [3.63, 3.8) is 0 Å². The number of hydrogen-bond donors (Lipinski definition) is 1. The average Bonchev–Trinajstić information content (AvgIpc) is 3.24. The molecule has 0 amide bonds. The summed E-state index contributed by atoms with van der Waals surface area (Å²) in [7, 11) is 0. The van der Waals surface area contributed by atoms with Crippen molar-refractivity contribution < 1.29 is 0 Å². The summed E-state index contributed by atoms with van der Waals surface area (Å²) in [6, 6.07) is 16.4. The van der Waals surface area contributed by atoms with Crippen molar-refractivity contribution in [2.75, 3.05) is 0 Å². The van der Waals surface area contributed by atoms with Gasteiger partial charge in [-0.3, -0.25) is 0 Å². The minimum Gasteiger partial charge on any atom is -0.309 e. The van der Waals surface area contributed by atoms with Crippen LogP contribution < -0.4 is 5.32 Å². The Morgan fingerprint density at radius 3 is 2.52 bits per heavy atom. The summed E-state index contributed by atoms with van der Waals surface area (Å²) < 4.78 is 1.75. The smallest absolute Gasteiger partial charge is 0.159 e. The Morgan fingerprint density at radius 1 is 0.926 bits per heavy atom. The van der Waals surface area contributed by atoms with E-state index in [1.54, 1.807) is 11.0 Å². The molecule has 134 valence electrons. The molecule has 0 unspecified atom stereocenters. The molecule has 0 saturated carbocycles. The highest BCUT2D eigenvalue weighted by molar-refractivity contribution is 5.55. The summed E-state index contributed by atoms with van der Waals surface area (Å²) >= 11 is 0. The molecule has 0 spiro atoms. The van der Waals surface area contributed by atoms with E-state index in [-0.39, 0.29) is 0 Å². The first-order valence-electron chi connectivity index (χ1n) is 8.80. The minimum atomic E-state index is 0.710. The molecule has 0 aliphatic heterocycles. The Labute approximate surface area is 158 Å². The zero-order valence-corrected chi connectivity index (χ0v) is 15.1. The van der Waals surface area contributed by atoms with Crippen LogP contribution in [0.15, 0.2) is 73.6 Å². The fourth-order valence-electron chi connectivity index (χ4n) is 2.88. The second kappa shape index (κ2) is 7.88. The maximum absolute atomic E-state index is 4.49. The Balaban J connectivity index is 1.36. The standard InChI is InChI=1S/C21H20N6/c1-16-4-2-6-19(8-16)21-24-12-18(13-25-21)11-22-10-17-5-3-7-20(9-17)27-15-23-14-26-27/h2-9,12-15,22H,10-11H2,1H3. The number of hydrogen-bond acceptors (Lipinski definition) is 5. The molecule has 0 aliphatic carbocycles. The highest BCUT2D eigenvalue weighted by Crippen LogP contribution is 2.15. The lowest BCUT2D eigenvalue weighted by Crippen LogP contribution is -2.13. The van der Waals surface area contributed by atoms with E-state index in [1.165, 1.54) is 17.5 Å². The van der Waals surface area contributed by atoms with Crippen molar-refractivity contribution >= 4 is 0 Å². The molecular formula is C21H20N6. The van der Waals surface area contributed by atoms with Gasteiger partial charge in [-0.2, -0.15) is 5.10 Å². The molecular weight excluding hydrogens is 336 g/mol. The van der Waals surface area contributed by atoms with E-state index in [9.17, 15) is 0 Å². The van der Waals surface area contributed by atoms with Crippen LogP contribution in [-0.4, -0.2) is 24.7 Å². The molecule has 0 fully saturated rings. The van der Waals surface area contributed by atoms with Crippen LogP contribution in [0.2, 0.25) is 0 Å². The molecule has 2 heterocycles. The van der Waals surface area contributed by atoms with Crippen molar-refractivity contribution in [2.45, 2.75) is 20.0 Å². The van der Waals surface area contributed by atoms with Gasteiger partial charge in [-0.05, 0) is 30.7 Å². The molecule has 0 saturated heterocycles. The Morgan fingerprint density at radius 2 is 1.74 bits per heavy atom. The third-order valence-corrected chi connectivity index (χ3v) is 4.23. The van der Waals surface area contributed by atoms with E-state index in [4.69, 9.17) is 0 Å². The molecule has 4 aromatic rings. The van der Waals surface area contributed by atoms with Crippen molar-refractivity contribution in [3.05, 3.63) is 90.3 Å². The Kier molecular flexibility index (Phi) is 4.98. The van der Waals surface area contributed by atoms with E-state index in [2.05, 4.69) is 56.6 Å². The molecule has 0 bridgehead atoms. The molecule has 4 rings (SSSR count). The summed E-state index contributed by atoms with van der Waals surface area (Å²) in [6.45, 7) is 3.53. The van der Waals surface area contributed by atoms with Crippen LogP contribution in [0.1, 0.15) is 16.7 Å². The van der Waals surface area contributed by atoms with Crippen LogP contribution in [0.25, 0.3) is 17.1 Å². The number of aromatic nitrogens is 5. The highest BCUT2D eigenvalue weighted by atomic mass is 15.3. The maximum atomic E-state index is 4.49. The second-order valence-electron chi connectivity index (χ2n) is 6.40. The van der Waals surface area contributed by atoms with Gasteiger partial charge in [0.1, 0.15) is 12.7 Å². The summed E-state index contributed by atoms with van der Waals surface area (Å²) in [5.74, 6) is 0.753. The number of aryl methyl sites for hydroxylation is 1. The average molecular weight is 356 g/mol. The lowest BCUT2D eigenvalue weighted by Gasteiger charge is -2.08. The Bertz CT molecular complexity index is 1010. The van der Waals surface area contributed by atoms with Crippen molar-refractivity contribution in [1.82, 2.24) is 30.0 Å². The minimum absolute atomic E-state index is 0.710. The predicted octanol–water partition coefficient (Wildman–Crippen LogP) is 3.32. The quantitative estimate of drug-likeness (QED) is 0.574. The van der Waals surface area contributed by atoms with Gasteiger partial charge in [0, 0.05) is 36.6 Å². The normalized spacial score (nSPS) is 10.9. The number of nitrogens with zero attached hydrogens (tertiary/aromatic N) is 5. The van der Waals surface area contributed by atoms with Gasteiger partial charge in [-0.25, -0.2) is 19.6 Å². The van der Waals surface area contributed by atoms with Crippen LogP contribution >= 0.6 is 0 Å². The molecule has 1 N–H and O–H groups in total. The van der Waals surface area contributed by atoms with Crippen molar-refractivity contribution in [3.8, 4) is 17.1 Å². The lowest BCUT2D eigenvalue weighted by molar-refractivity contribution is 0.688. The summed E-state index contributed by atoms with van der Waals surface area (Å²) in [5.41, 5.74) is 5.48. The van der Waals surface area contributed by atoms with E-state index < -0.39 is 0 Å². The van der Waals surface area contributed by atoms with Crippen LogP contribution in [0.3, 0.4) is 0 Å². The molecule has 6 heteroatoms. The lowest BCUT2D eigenvalue weighted by atomic mass is 10.1. The fraction of sp³-hybridized carbons (Fsp3) is 0.143. The highest BCUT2D eigenvalue weighted by Gasteiger charge is 2.03. The molecule has 2 aromatic carbocycles. The molecule has 27 heavy (non-hydrogen) atoms. The topological polar surface area (TPSA) is 68.5 Å². The number of benzene rings is 2. The van der Waals surface area contributed by atoms with Crippen LogP contribution in [0.5, 0.6) is 0 Å². The van der Waals surface area contributed by atoms with Gasteiger partial charge in [-0.15, -0.1) is 0 Å². The molecule has 0 atom stereocenters. The number of nitrogens with one attached hydrogen (secondary N) is 1. The third-order valence-electron chi connectivity index (χ3n) is 4.23. The van der Waals surface area contributed by atoms with Gasteiger partial charge in [0.05, 0.1) is 5.69 Å². The van der Waals surface area contributed by atoms with E-state index in [0.717, 1.165) is 29.2 Å². The van der Waals surface area contributed by atoms with Gasteiger partial charge in [0.2, 0.25) is 0 Å². The van der Waals surface area contributed by atoms with Gasteiger partial charge in [-0.1, -0.05) is 35.9 Å². The summed E-state index contributed by atoms with van der Waals surface area (Å²) in [4.78, 5) is 13.0.